The molecule has 1 aromatic carbocycles. The molecule has 0 saturated carbocycles. The summed E-state index contributed by atoms with van der Waals surface area (Å²) in [5, 5.41) is 6.82. The second-order valence-corrected chi connectivity index (χ2v) is 6.45. The summed E-state index contributed by atoms with van der Waals surface area (Å²) in [5.74, 6) is 1.14. The van der Waals surface area contributed by atoms with Crippen LogP contribution in [-0.2, 0) is 0 Å². The Morgan fingerprint density at radius 2 is 2.15 bits per heavy atom. The lowest BCUT2D eigenvalue weighted by atomic mass is 10.2. The molecule has 2 rings (SSSR count). The minimum absolute atomic E-state index is 0. The molecule has 0 bridgehead atoms. The topological polar surface area (TPSA) is 48.9 Å². The summed E-state index contributed by atoms with van der Waals surface area (Å²) in [6.07, 6.45) is -4.30. The number of hydrogen-bond donors (Lipinski definition) is 2. The van der Waals surface area contributed by atoms with E-state index in [9.17, 15) is 13.2 Å². The van der Waals surface area contributed by atoms with Gasteiger partial charge in [0.1, 0.15) is 5.75 Å². The van der Waals surface area contributed by atoms with Gasteiger partial charge in [0.25, 0.3) is 0 Å². The molecule has 0 spiro atoms. The van der Waals surface area contributed by atoms with E-state index in [4.69, 9.17) is 16.3 Å². The fourth-order valence-corrected chi connectivity index (χ4v) is 2.98. The van der Waals surface area contributed by atoms with Crippen molar-refractivity contribution in [2.75, 3.05) is 38.2 Å². The summed E-state index contributed by atoms with van der Waals surface area (Å²) in [5.41, 5.74) is 0.906. The lowest BCUT2D eigenvalue weighted by Gasteiger charge is -2.22. The number of aliphatic imine (C=N–C) groups is 1. The third-order valence-electron chi connectivity index (χ3n) is 4.02. The van der Waals surface area contributed by atoms with E-state index in [2.05, 4.69) is 20.5 Å². The summed E-state index contributed by atoms with van der Waals surface area (Å²) in [6, 6.07) is 5.51. The van der Waals surface area contributed by atoms with Crippen molar-refractivity contribution in [3.63, 3.8) is 0 Å². The first-order chi connectivity index (χ1) is 12.3. The molecular formula is C17H25ClF3IN4O. The van der Waals surface area contributed by atoms with Gasteiger partial charge in [-0.3, -0.25) is 4.99 Å². The number of halogens is 5. The highest BCUT2D eigenvalue weighted by atomic mass is 127. The quantitative estimate of drug-likeness (QED) is 0.338. The Balaban J connectivity index is 0.00000364. The van der Waals surface area contributed by atoms with Crippen LogP contribution in [0, 0.1) is 0 Å². The van der Waals surface area contributed by atoms with Crippen molar-refractivity contribution in [1.29, 1.82) is 0 Å². The Hall–Kier alpha value is -1.10. The largest absolute Gasteiger partial charge is 0.495 e. The van der Waals surface area contributed by atoms with E-state index < -0.39 is 12.6 Å². The maximum atomic E-state index is 12.3. The van der Waals surface area contributed by atoms with Crippen LogP contribution in [0.15, 0.2) is 23.2 Å². The van der Waals surface area contributed by atoms with Gasteiger partial charge in [-0.05, 0) is 31.5 Å². The summed E-state index contributed by atoms with van der Waals surface area (Å²) >= 11 is 6.09. The Morgan fingerprint density at radius 1 is 1.41 bits per heavy atom. The summed E-state index contributed by atoms with van der Waals surface area (Å²) in [6.45, 7) is 3.63. The number of nitrogens with one attached hydrogen (secondary N) is 2. The molecule has 1 fully saturated rings. The Labute approximate surface area is 179 Å². The predicted molar refractivity (Wildman–Crippen MR) is 114 cm³/mol. The van der Waals surface area contributed by atoms with E-state index in [0.29, 0.717) is 24.1 Å². The van der Waals surface area contributed by atoms with Crippen molar-refractivity contribution >= 4 is 47.2 Å². The standard InChI is InChI=1S/C17H24ClF3N4O.HI/c1-3-22-16(23-8-7-17(19,20)21)24-13-6-9-25(11-13)14-10-12(18)4-5-15(14)26-2;/h4-5,10,13H,3,6-9,11H2,1-2H3,(H2,22,23,24);1H. The van der Waals surface area contributed by atoms with Gasteiger partial charge >= 0.3 is 6.18 Å². The third kappa shape index (κ3) is 7.81. The van der Waals surface area contributed by atoms with Gasteiger partial charge < -0.3 is 20.3 Å². The van der Waals surface area contributed by atoms with E-state index in [-0.39, 0.29) is 36.6 Å². The molecule has 0 radical (unpaired) electrons. The van der Waals surface area contributed by atoms with Crippen LogP contribution in [0.1, 0.15) is 19.8 Å². The van der Waals surface area contributed by atoms with Crippen LogP contribution >= 0.6 is 35.6 Å². The lowest BCUT2D eigenvalue weighted by Crippen LogP contribution is -2.44. The average molecular weight is 521 g/mol. The van der Waals surface area contributed by atoms with Crippen LogP contribution < -0.4 is 20.3 Å². The SMILES string of the molecule is CCNC(=NCCC(F)(F)F)NC1CCN(c2cc(Cl)ccc2OC)C1.I. The Bertz CT molecular complexity index is 631. The summed E-state index contributed by atoms with van der Waals surface area (Å²) in [7, 11) is 1.61. The van der Waals surface area contributed by atoms with Gasteiger partial charge in [-0.2, -0.15) is 13.2 Å². The van der Waals surface area contributed by atoms with Crippen LogP contribution in [0.3, 0.4) is 0 Å². The van der Waals surface area contributed by atoms with Gasteiger partial charge in [0.05, 0.1) is 25.8 Å². The number of anilines is 1. The average Bonchev–Trinajstić information content (AvgIpc) is 3.02. The van der Waals surface area contributed by atoms with Crippen molar-refractivity contribution in [2.24, 2.45) is 4.99 Å². The smallest absolute Gasteiger partial charge is 0.390 e. The number of methoxy groups -OCH3 is 1. The third-order valence-corrected chi connectivity index (χ3v) is 4.26. The van der Waals surface area contributed by atoms with Crippen molar-refractivity contribution in [3.8, 4) is 5.75 Å². The molecule has 0 aliphatic carbocycles. The van der Waals surface area contributed by atoms with Gasteiger partial charge in [-0.1, -0.05) is 11.6 Å². The Kier molecular flexibility index (Phi) is 9.78. The highest BCUT2D eigenvalue weighted by Gasteiger charge is 2.27. The summed E-state index contributed by atoms with van der Waals surface area (Å²) in [4.78, 5) is 6.16. The molecule has 0 aromatic heterocycles. The first kappa shape index (κ1) is 23.9. The predicted octanol–water partition coefficient (Wildman–Crippen LogP) is 4.05. The second-order valence-electron chi connectivity index (χ2n) is 6.02. The first-order valence-corrected chi connectivity index (χ1v) is 8.90. The highest BCUT2D eigenvalue weighted by Crippen LogP contribution is 2.33. The molecule has 5 nitrogen and oxygen atoms in total. The van der Waals surface area contributed by atoms with Crippen LogP contribution in [0.4, 0.5) is 18.9 Å². The lowest BCUT2D eigenvalue weighted by molar-refractivity contribution is -0.132. The molecule has 1 saturated heterocycles. The molecule has 154 valence electrons. The maximum Gasteiger partial charge on any atom is 0.390 e. The number of nitrogens with zero attached hydrogens (tertiary/aromatic N) is 2. The number of benzene rings is 1. The molecule has 1 unspecified atom stereocenters. The normalized spacial score (nSPS) is 17.5. The number of hydrogen-bond acceptors (Lipinski definition) is 3. The summed E-state index contributed by atoms with van der Waals surface area (Å²) < 4.78 is 42.3. The van der Waals surface area contributed by atoms with Crippen molar-refractivity contribution in [3.05, 3.63) is 23.2 Å². The van der Waals surface area contributed by atoms with E-state index in [1.807, 2.05) is 19.1 Å². The molecule has 1 aromatic rings. The molecule has 1 atom stereocenters. The minimum atomic E-state index is -4.20. The van der Waals surface area contributed by atoms with Crippen molar-refractivity contribution in [1.82, 2.24) is 10.6 Å². The number of alkyl halides is 3. The zero-order valence-electron chi connectivity index (χ0n) is 15.3. The number of rotatable bonds is 6. The Morgan fingerprint density at radius 3 is 2.78 bits per heavy atom. The van der Waals surface area contributed by atoms with Gasteiger partial charge in [-0.15, -0.1) is 24.0 Å². The molecule has 1 heterocycles. The molecule has 27 heavy (non-hydrogen) atoms. The van der Waals surface area contributed by atoms with Gasteiger partial charge in [0, 0.05) is 30.7 Å². The maximum absolute atomic E-state index is 12.3. The van der Waals surface area contributed by atoms with E-state index in [1.54, 1.807) is 13.2 Å². The van der Waals surface area contributed by atoms with Crippen LogP contribution in [0.5, 0.6) is 5.75 Å². The van der Waals surface area contributed by atoms with Crippen molar-refractivity contribution in [2.45, 2.75) is 32.0 Å². The molecule has 0 amide bonds. The van der Waals surface area contributed by atoms with Crippen LogP contribution in [0.25, 0.3) is 0 Å². The van der Waals surface area contributed by atoms with Gasteiger partial charge in [0.2, 0.25) is 0 Å². The van der Waals surface area contributed by atoms with E-state index >= 15 is 0 Å². The number of ether oxygens (including phenoxy) is 1. The molecule has 1 aliphatic heterocycles. The molecular weight excluding hydrogens is 496 g/mol. The highest BCUT2D eigenvalue weighted by molar-refractivity contribution is 14.0. The number of guanidine groups is 1. The monoisotopic (exact) mass is 520 g/mol. The zero-order chi connectivity index (χ0) is 19.2. The van der Waals surface area contributed by atoms with Crippen LogP contribution in [-0.4, -0.2) is 51.5 Å². The fourth-order valence-electron chi connectivity index (χ4n) is 2.82. The zero-order valence-corrected chi connectivity index (χ0v) is 18.4. The minimum Gasteiger partial charge on any atom is -0.495 e. The van der Waals surface area contributed by atoms with E-state index in [0.717, 1.165) is 24.4 Å². The van der Waals surface area contributed by atoms with E-state index in [1.165, 1.54) is 0 Å². The van der Waals surface area contributed by atoms with Crippen molar-refractivity contribution < 1.29 is 17.9 Å². The fraction of sp³-hybridized carbons (Fsp3) is 0.588. The van der Waals surface area contributed by atoms with Gasteiger partial charge in [0.15, 0.2) is 5.96 Å². The first-order valence-electron chi connectivity index (χ1n) is 8.52. The molecule has 1 aliphatic rings. The molecule has 10 heteroatoms. The van der Waals surface area contributed by atoms with Crippen LogP contribution in [0.2, 0.25) is 5.02 Å². The van der Waals surface area contributed by atoms with Gasteiger partial charge in [-0.25, -0.2) is 0 Å². The molecule has 2 N–H and O–H groups in total. The second kappa shape index (κ2) is 11.0.